The average molecular weight is 276 g/mol. The van der Waals surface area contributed by atoms with E-state index < -0.39 is 0 Å². The van der Waals surface area contributed by atoms with E-state index in [2.05, 4.69) is 26.0 Å². The van der Waals surface area contributed by atoms with Crippen LogP contribution >= 0.6 is 12.2 Å². The number of rotatable bonds is 2. The van der Waals surface area contributed by atoms with Crippen LogP contribution in [-0.4, -0.2) is 31.2 Å². The Hall–Kier alpha value is -2.35. The monoisotopic (exact) mass is 276 g/mol. The van der Waals surface area contributed by atoms with Crippen LogP contribution in [-0.2, 0) is 7.05 Å². The predicted molar refractivity (Wildman–Crippen MR) is 73.7 cm³/mol. The molecule has 19 heavy (non-hydrogen) atoms. The van der Waals surface area contributed by atoms with Crippen molar-refractivity contribution in [2.24, 2.45) is 7.05 Å². The van der Waals surface area contributed by atoms with Gasteiger partial charge in [0.2, 0.25) is 0 Å². The number of amides is 1. The van der Waals surface area contributed by atoms with Crippen LogP contribution in [0, 0.1) is 6.92 Å². The number of benzene rings is 1. The van der Waals surface area contributed by atoms with E-state index in [-0.39, 0.29) is 17.0 Å². The SMILES string of the molecule is Cc1cccc(C(=O)NC(=S)Nc2nnn(C)n2)c1. The Morgan fingerprint density at radius 2 is 2.21 bits per heavy atom. The third-order valence-electron chi connectivity index (χ3n) is 2.24. The number of tetrazole rings is 1. The second-order valence-corrected chi connectivity index (χ2v) is 4.29. The van der Waals surface area contributed by atoms with E-state index in [1.807, 2.05) is 19.1 Å². The van der Waals surface area contributed by atoms with Crippen LogP contribution in [0.2, 0.25) is 0 Å². The third-order valence-corrected chi connectivity index (χ3v) is 2.45. The molecule has 7 nitrogen and oxygen atoms in total. The fourth-order valence-electron chi connectivity index (χ4n) is 1.43. The molecule has 0 radical (unpaired) electrons. The van der Waals surface area contributed by atoms with Crippen LogP contribution in [0.3, 0.4) is 0 Å². The Balaban J connectivity index is 1.97. The lowest BCUT2D eigenvalue weighted by atomic mass is 10.1. The number of carbonyl (C=O) groups is 1. The maximum atomic E-state index is 11.9. The molecule has 0 aliphatic heterocycles. The maximum Gasteiger partial charge on any atom is 0.269 e. The molecule has 8 heteroatoms. The zero-order valence-electron chi connectivity index (χ0n) is 10.4. The number of hydrogen-bond acceptors (Lipinski definition) is 5. The highest BCUT2D eigenvalue weighted by atomic mass is 32.1. The Labute approximate surface area is 115 Å². The molecule has 0 spiro atoms. The molecule has 0 fully saturated rings. The quantitative estimate of drug-likeness (QED) is 0.783. The van der Waals surface area contributed by atoms with Gasteiger partial charge < -0.3 is 0 Å². The van der Waals surface area contributed by atoms with Crippen molar-refractivity contribution in [1.82, 2.24) is 25.5 Å². The van der Waals surface area contributed by atoms with Gasteiger partial charge in [0.25, 0.3) is 11.9 Å². The summed E-state index contributed by atoms with van der Waals surface area (Å²) in [7, 11) is 1.63. The summed E-state index contributed by atoms with van der Waals surface area (Å²) in [5.41, 5.74) is 1.54. The predicted octanol–water partition coefficient (Wildman–Crippen LogP) is 0.645. The molecule has 2 rings (SSSR count). The molecule has 1 amide bonds. The van der Waals surface area contributed by atoms with E-state index in [0.717, 1.165) is 5.56 Å². The van der Waals surface area contributed by atoms with E-state index in [9.17, 15) is 4.79 Å². The van der Waals surface area contributed by atoms with Crippen molar-refractivity contribution in [3.8, 4) is 0 Å². The van der Waals surface area contributed by atoms with Gasteiger partial charge in [-0.05, 0) is 36.5 Å². The highest BCUT2D eigenvalue weighted by Crippen LogP contribution is 2.03. The molecular weight excluding hydrogens is 264 g/mol. The lowest BCUT2D eigenvalue weighted by Gasteiger charge is -2.06. The van der Waals surface area contributed by atoms with Crippen LogP contribution in [0.4, 0.5) is 5.95 Å². The molecule has 0 aliphatic carbocycles. The molecule has 2 N–H and O–H groups in total. The molecule has 2 aromatic rings. The Bertz CT molecular complexity index is 623. The number of anilines is 1. The van der Waals surface area contributed by atoms with E-state index in [4.69, 9.17) is 12.2 Å². The highest BCUT2D eigenvalue weighted by Gasteiger charge is 2.09. The van der Waals surface area contributed by atoms with Crippen LogP contribution in [0.1, 0.15) is 15.9 Å². The number of carbonyl (C=O) groups excluding carboxylic acids is 1. The summed E-state index contributed by atoms with van der Waals surface area (Å²) < 4.78 is 0. The van der Waals surface area contributed by atoms with Gasteiger partial charge in [-0.2, -0.15) is 4.80 Å². The Morgan fingerprint density at radius 1 is 1.42 bits per heavy atom. The molecule has 0 atom stereocenters. The topological polar surface area (TPSA) is 84.7 Å². The van der Waals surface area contributed by atoms with Crippen LogP contribution in [0.15, 0.2) is 24.3 Å². The first-order valence-electron chi connectivity index (χ1n) is 5.47. The molecule has 0 bridgehead atoms. The first-order valence-corrected chi connectivity index (χ1v) is 5.88. The molecule has 0 saturated carbocycles. The van der Waals surface area contributed by atoms with Gasteiger partial charge in [-0.1, -0.05) is 22.8 Å². The Kier molecular flexibility index (Phi) is 3.81. The van der Waals surface area contributed by atoms with Crippen molar-refractivity contribution >= 4 is 29.2 Å². The van der Waals surface area contributed by atoms with Gasteiger partial charge in [0.15, 0.2) is 5.11 Å². The van der Waals surface area contributed by atoms with Gasteiger partial charge in [0.1, 0.15) is 0 Å². The van der Waals surface area contributed by atoms with Crippen molar-refractivity contribution in [2.45, 2.75) is 6.92 Å². The van der Waals surface area contributed by atoms with Gasteiger partial charge in [0.05, 0.1) is 7.05 Å². The number of nitrogens with one attached hydrogen (secondary N) is 2. The summed E-state index contributed by atoms with van der Waals surface area (Å²) in [6.07, 6.45) is 0. The molecular formula is C11H12N6OS. The van der Waals surface area contributed by atoms with Crippen LogP contribution < -0.4 is 10.6 Å². The molecule has 1 aromatic carbocycles. The summed E-state index contributed by atoms with van der Waals surface area (Å²) in [5.74, 6) is -0.0536. The summed E-state index contributed by atoms with van der Waals surface area (Å²) in [6.45, 7) is 1.91. The fourth-order valence-corrected chi connectivity index (χ4v) is 1.61. The molecule has 0 unspecified atom stereocenters. The molecule has 1 heterocycles. The standard InChI is InChI=1S/C11H12N6OS/c1-7-4-3-5-8(6-7)9(18)12-11(19)13-10-14-16-17(2)15-10/h3-6H,1-2H3,(H2,12,13,15,18,19). The first kappa shape index (κ1) is 13.1. The van der Waals surface area contributed by atoms with Crippen LogP contribution in [0.5, 0.6) is 0 Å². The molecule has 1 aromatic heterocycles. The lowest BCUT2D eigenvalue weighted by Crippen LogP contribution is -2.34. The van der Waals surface area contributed by atoms with Gasteiger partial charge in [-0.3, -0.25) is 15.4 Å². The molecule has 98 valence electrons. The minimum absolute atomic E-state index is 0.125. The highest BCUT2D eigenvalue weighted by molar-refractivity contribution is 7.80. The Morgan fingerprint density at radius 3 is 2.84 bits per heavy atom. The average Bonchev–Trinajstić information content (AvgIpc) is 2.74. The summed E-state index contributed by atoms with van der Waals surface area (Å²) >= 11 is 4.99. The minimum Gasteiger partial charge on any atom is -0.299 e. The number of aryl methyl sites for hydroxylation is 2. The van der Waals surface area contributed by atoms with Crippen molar-refractivity contribution in [2.75, 3.05) is 5.32 Å². The fraction of sp³-hybridized carbons (Fsp3) is 0.182. The smallest absolute Gasteiger partial charge is 0.269 e. The number of hydrogen-bond donors (Lipinski definition) is 2. The molecule has 0 aliphatic rings. The van der Waals surface area contributed by atoms with Crippen molar-refractivity contribution < 1.29 is 4.79 Å². The largest absolute Gasteiger partial charge is 0.299 e. The van der Waals surface area contributed by atoms with Gasteiger partial charge in [0, 0.05) is 5.56 Å². The summed E-state index contributed by atoms with van der Waals surface area (Å²) in [5, 5.41) is 16.6. The normalized spacial score (nSPS) is 10.0. The lowest BCUT2D eigenvalue weighted by molar-refractivity contribution is 0.0977. The third kappa shape index (κ3) is 3.55. The van der Waals surface area contributed by atoms with E-state index in [0.29, 0.717) is 5.56 Å². The van der Waals surface area contributed by atoms with Crippen molar-refractivity contribution in [3.63, 3.8) is 0 Å². The van der Waals surface area contributed by atoms with Gasteiger partial charge >= 0.3 is 0 Å². The summed E-state index contributed by atoms with van der Waals surface area (Å²) in [4.78, 5) is 13.2. The van der Waals surface area contributed by atoms with Crippen molar-refractivity contribution in [3.05, 3.63) is 35.4 Å². The second kappa shape index (κ2) is 5.53. The number of thiocarbonyl (C=S) groups is 1. The van der Waals surface area contributed by atoms with Gasteiger partial charge in [-0.25, -0.2) is 0 Å². The van der Waals surface area contributed by atoms with Crippen LogP contribution in [0.25, 0.3) is 0 Å². The second-order valence-electron chi connectivity index (χ2n) is 3.88. The zero-order valence-corrected chi connectivity index (χ0v) is 11.2. The minimum atomic E-state index is -0.287. The maximum absolute atomic E-state index is 11.9. The van der Waals surface area contributed by atoms with E-state index in [1.54, 1.807) is 19.2 Å². The van der Waals surface area contributed by atoms with E-state index in [1.165, 1.54) is 4.80 Å². The van der Waals surface area contributed by atoms with Crippen molar-refractivity contribution in [1.29, 1.82) is 0 Å². The zero-order chi connectivity index (χ0) is 13.8. The van der Waals surface area contributed by atoms with Gasteiger partial charge in [-0.15, -0.1) is 5.10 Å². The first-order chi connectivity index (χ1) is 9.04. The summed E-state index contributed by atoms with van der Waals surface area (Å²) in [6, 6.07) is 7.21. The van der Waals surface area contributed by atoms with E-state index >= 15 is 0 Å². The molecule has 0 saturated heterocycles. The number of nitrogens with zero attached hydrogens (tertiary/aromatic N) is 4. The number of aromatic nitrogens is 4.